The minimum Gasteiger partial charge on any atom is -0.379 e. The topological polar surface area (TPSA) is 56.5 Å². The molecule has 0 spiro atoms. The van der Waals surface area contributed by atoms with Crippen molar-refractivity contribution in [2.24, 2.45) is 5.73 Å². The van der Waals surface area contributed by atoms with Crippen LogP contribution in [0.15, 0.2) is 0 Å². The van der Waals surface area contributed by atoms with Gasteiger partial charge in [-0.1, -0.05) is 0 Å². The van der Waals surface area contributed by atoms with Crippen LogP contribution in [0, 0.1) is 0 Å². The molecule has 0 radical (unpaired) electrons. The van der Waals surface area contributed by atoms with Crippen LogP contribution in [0.25, 0.3) is 0 Å². The van der Waals surface area contributed by atoms with Crippen molar-refractivity contribution in [3.63, 3.8) is 0 Å². The summed E-state index contributed by atoms with van der Waals surface area (Å²) in [6.07, 6.45) is 2.34. The van der Waals surface area contributed by atoms with Crippen LogP contribution in [-0.4, -0.2) is 45.1 Å². The van der Waals surface area contributed by atoms with Gasteiger partial charge in [0.1, 0.15) is 0 Å². The van der Waals surface area contributed by atoms with Gasteiger partial charge in [0.2, 0.25) is 0 Å². The van der Waals surface area contributed by atoms with Gasteiger partial charge in [-0.25, -0.2) is 0 Å². The molecule has 0 amide bonds. The molecule has 84 valence electrons. The molecule has 0 aliphatic carbocycles. The molecule has 14 heavy (non-hydrogen) atoms. The van der Waals surface area contributed by atoms with Gasteiger partial charge in [0.15, 0.2) is 0 Å². The smallest absolute Gasteiger partial charge is 0.0779 e. The molecule has 0 bridgehead atoms. The molecule has 1 aliphatic heterocycles. The molecular weight excluding hydrogens is 180 g/mol. The number of rotatable bonds is 7. The Labute approximate surface area is 86.1 Å². The van der Waals surface area contributed by atoms with E-state index in [1.807, 2.05) is 0 Å². The van der Waals surface area contributed by atoms with Gasteiger partial charge in [0, 0.05) is 26.2 Å². The van der Waals surface area contributed by atoms with E-state index in [0.29, 0.717) is 13.2 Å². The van der Waals surface area contributed by atoms with Crippen LogP contribution in [0.1, 0.15) is 19.8 Å². The Hall–Kier alpha value is -0.160. The second-order valence-electron chi connectivity index (χ2n) is 3.98. The molecule has 0 aromatic heterocycles. The van der Waals surface area contributed by atoms with Gasteiger partial charge in [-0.3, -0.25) is 0 Å². The normalized spacial score (nSPS) is 27.0. The van der Waals surface area contributed by atoms with Crippen molar-refractivity contribution in [1.82, 2.24) is 5.32 Å². The zero-order chi connectivity index (χ0) is 10.3. The Bertz CT molecular complexity index is 147. The summed E-state index contributed by atoms with van der Waals surface area (Å²) >= 11 is 0. The Morgan fingerprint density at radius 2 is 2.36 bits per heavy atom. The van der Waals surface area contributed by atoms with Crippen molar-refractivity contribution in [3.8, 4) is 0 Å². The maximum absolute atomic E-state index is 5.64. The number of nitrogens with two attached hydrogens (primary N) is 1. The first-order valence-electron chi connectivity index (χ1n) is 5.39. The van der Waals surface area contributed by atoms with Crippen LogP contribution in [0.4, 0.5) is 0 Å². The number of hydrogen-bond acceptors (Lipinski definition) is 4. The first kappa shape index (κ1) is 11.9. The Morgan fingerprint density at radius 3 is 3.00 bits per heavy atom. The zero-order valence-corrected chi connectivity index (χ0v) is 9.05. The fourth-order valence-electron chi connectivity index (χ4n) is 1.66. The molecular formula is C10H22N2O2. The average Bonchev–Trinajstić information content (AvgIpc) is 2.59. The van der Waals surface area contributed by atoms with Crippen LogP contribution in [0.2, 0.25) is 0 Å². The van der Waals surface area contributed by atoms with Gasteiger partial charge in [0.05, 0.1) is 18.8 Å². The van der Waals surface area contributed by atoms with E-state index in [4.69, 9.17) is 15.2 Å². The summed E-state index contributed by atoms with van der Waals surface area (Å²) in [6.45, 7) is 6.83. The van der Waals surface area contributed by atoms with E-state index in [0.717, 1.165) is 32.7 Å². The number of hydrogen-bond donors (Lipinski definition) is 2. The van der Waals surface area contributed by atoms with E-state index in [1.165, 1.54) is 6.42 Å². The minimum atomic E-state index is 0.0495. The minimum absolute atomic E-state index is 0.0495. The summed E-state index contributed by atoms with van der Waals surface area (Å²) in [5, 5.41) is 3.34. The van der Waals surface area contributed by atoms with Crippen molar-refractivity contribution in [2.75, 3.05) is 39.5 Å². The van der Waals surface area contributed by atoms with E-state index in [1.54, 1.807) is 0 Å². The van der Waals surface area contributed by atoms with Crippen molar-refractivity contribution in [1.29, 1.82) is 0 Å². The third-order valence-electron chi connectivity index (χ3n) is 2.48. The van der Waals surface area contributed by atoms with Crippen molar-refractivity contribution in [3.05, 3.63) is 0 Å². The van der Waals surface area contributed by atoms with Crippen molar-refractivity contribution < 1.29 is 9.47 Å². The van der Waals surface area contributed by atoms with Crippen molar-refractivity contribution >= 4 is 0 Å². The lowest BCUT2D eigenvalue weighted by atomic mass is 10.0. The van der Waals surface area contributed by atoms with Crippen molar-refractivity contribution in [2.45, 2.75) is 25.4 Å². The number of ether oxygens (including phenoxy) is 2. The van der Waals surface area contributed by atoms with E-state index >= 15 is 0 Å². The lowest BCUT2D eigenvalue weighted by Gasteiger charge is -2.23. The molecule has 0 aromatic rings. The molecule has 1 saturated heterocycles. The average molecular weight is 202 g/mol. The standard InChI is InChI=1S/C10H22N2O2/c1-10(3-2-6-14-10)9-12-5-8-13-7-4-11/h12H,2-9,11H2,1H3. The predicted octanol–water partition coefficient (Wildman–Crippen LogP) is 0.120. The van der Waals surface area contributed by atoms with Gasteiger partial charge in [0.25, 0.3) is 0 Å². The summed E-state index contributed by atoms with van der Waals surface area (Å²) in [6, 6.07) is 0. The monoisotopic (exact) mass is 202 g/mol. The lowest BCUT2D eigenvalue weighted by molar-refractivity contribution is 0.0193. The largest absolute Gasteiger partial charge is 0.379 e. The molecule has 1 aliphatic rings. The highest BCUT2D eigenvalue weighted by Crippen LogP contribution is 2.23. The zero-order valence-electron chi connectivity index (χ0n) is 9.05. The highest BCUT2D eigenvalue weighted by molar-refractivity contribution is 4.82. The third-order valence-corrected chi connectivity index (χ3v) is 2.48. The van der Waals surface area contributed by atoms with E-state index in [-0.39, 0.29) is 5.60 Å². The summed E-state index contributed by atoms with van der Waals surface area (Å²) in [5.74, 6) is 0. The molecule has 1 rings (SSSR count). The molecule has 4 heteroatoms. The summed E-state index contributed by atoms with van der Waals surface area (Å²) in [7, 11) is 0. The number of nitrogens with one attached hydrogen (secondary N) is 1. The molecule has 0 saturated carbocycles. The Balaban J connectivity index is 1.92. The molecule has 1 unspecified atom stereocenters. The fourth-order valence-corrected chi connectivity index (χ4v) is 1.66. The predicted molar refractivity (Wildman–Crippen MR) is 56.3 cm³/mol. The van der Waals surface area contributed by atoms with Crippen LogP contribution in [0.5, 0.6) is 0 Å². The SMILES string of the molecule is CC1(CNCCOCCN)CCCO1. The first-order chi connectivity index (χ1) is 6.77. The van der Waals surface area contributed by atoms with E-state index < -0.39 is 0 Å². The molecule has 0 aromatic carbocycles. The molecule has 1 atom stereocenters. The van der Waals surface area contributed by atoms with Crippen LogP contribution < -0.4 is 11.1 Å². The van der Waals surface area contributed by atoms with Gasteiger partial charge >= 0.3 is 0 Å². The molecule has 3 N–H and O–H groups in total. The lowest BCUT2D eigenvalue weighted by Crippen LogP contribution is -2.38. The van der Waals surface area contributed by atoms with Gasteiger partial charge in [-0.05, 0) is 19.8 Å². The first-order valence-corrected chi connectivity index (χ1v) is 5.39. The van der Waals surface area contributed by atoms with Gasteiger partial charge in [-0.2, -0.15) is 0 Å². The second-order valence-corrected chi connectivity index (χ2v) is 3.98. The molecule has 1 fully saturated rings. The second kappa shape index (κ2) is 6.35. The van der Waals surface area contributed by atoms with Gasteiger partial charge in [-0.15, -0.1) is 0 Å². The molecule has 1 heterocycles. The van der Waals surface area contributed by atoms with Crippen LogP contribution in [-0.2, 0) is 9.47 Å². The highest BCUT2D eigenvalue weighted by Gasteiger charge is 2.28. The molecule has 4 nitrogen and oxygen atoms in total. The van der Waals surface area contributed by atoms with Crippen LogP contribution in [0.3, 0.4) is 0 Å². The highest BCUT2D eigenvalue weighted by atomic mass is 16.5. The summed E-state index contributed by atoms with van der Waals surface area (Å²) < 4.78 is 10.9. The van der Waals surface area contributed by atoms with E-state index in [2.05, 4.69) is 12.2 Å². The van der Waals surface area contributed by atoms with Crippen LogP contribution >= 0.6 is 0 Å². The Morgan fingerprint density at radius 1 is 1.50 bits per heavy atom. The maximum atomic E-state index is 5.64. The third kappa shape index (κ3) is 4.37. The summed E-state index contributed by atoms with van der Waals surface area (Å²) in [4.78, 5) is 0. The summed E-state index contributed by atoms with van der Waals surface area (Å²) in [5.41, 5.74) is 5.35. The maximum Gasteiger partial charge on any atom is 0.0779 e. The fraction of sp³-hybridized carbons (Fsp3) is 1.00. The van der Waals surface area contributed by atoms with Gasteiger partial charge < -0.3 is 20.5 Å². The van der Waals surface area contributed by atoms with E-state index in [9.17, 15) is 0 Å². The Kier molecular flexibility index (Phi) is 5.40. The quantitative estimate of drug-likeness (QED) is 0.576.